The van der Waals surface area contributed by atoms with Crippen LogP contribution in [0.2, 0.25) is 0 Å². The highest BCUT2D eigenvalue weighted by Crippen LogP contribution is 2.32. The first kappa shape index (κ1) is 14.5. The molecule has 0 saturated carbocycles. The number of alkyl halides is 3. The van der Waals surface area contributed by atoms with Crippen LogP contribution in [0.1, 0.15) is 18.1 Å². The van der Waals surface area contributed by atoms with E-state index in [2.05, 4.69) is 5.32 Å². The number of carboxylic acid groups (broad SMARTS) is 1. The molecule has 0 fully saturated rings. The van der Waals surface area contributed by atoms with Crippen molar-refractivity contribution in [1.29, 1.82) is 0 Å². The van der Waals surface area contributed by atoms with E-state index in [9.17, 15) is 18.0 Å². The fraction of sp³-hybridized carbons (Fsp3) is 0.417. The zero-order chi connectivity index (χ0) is 13.8. The molecule has 3 nitrogen and oxygen atoms in total. The molecule has 0 aliphatic carbocycles. The van der Waals surface area contributed by atoms with E-state index >= 15 is 0 Å². The molecule has 1 rings (SSSR count). The quantitative estimate of drug-likeness (QED) is 0.855. The van der Waals surface area contributed by atoms with Crippen molar-refractivity contribution in [3.05, 3.63) is 35.4 Å². The maximum atomic E-state index is 12.7. The lowest BCUT2D eigenvalue weighted by molar-refractivity contribution is -0.138. The normalized spacial score (nSPS) is 13.3. The van der Waals surface area contributed by atoms with Crippen LogP contribution in [0.4, 0.5) is 13.2 Å². The van der Waals surface area contributed by atoms with Crippen molar-refractivity contribution in [2.24, 2.45) is 0 Å². The lowest BCUT2D eigenvalue weighted by Gasteiger charge is -2.16. The van der Waals surface area contributed by atoms with Gasteiger partial charge in [0, 0.05) is 6.04 Å². The van der Waals surface area contributed by atoms with Gasteiger partial charge in [0.15, 0.2) is 0 Å². The van der Waals surface area contributed by atoms with Crippen molar-refractivity contribution in [2.75, 3.05) is 6.54 Å². The Kier molecular flexibility index (Phi) is 4.72. The summed E-state index contributed by atoms with van der Waals surface area (Å²) in [5, 5.41) is 11.1. The fourth-order valence-electron chi connectivity index (χ4n) is 1.64. The van der Waals surface area contributed by atoms with Gasteiger partial charge in [-0.25, -0.2) is 0 Å². The second-order valence-corrected chi connectivity index (χ2v) is 4.03. The highest BCUT2D eigenvalue weighted by Gasteiger charge is 2.32. The lowest BCUT2D eigenvalue weighted by Crippen LogP contribution is -2.33. The Morgan fingerprint density at radius 1 is 1.39 bits per heavy atom. The minimum Gasteiger partial charge on any atom is -0.480 e. The van der Waals surface area contributed by atoms with Gasteiger partial charge < -0.3 is 10.4 Å². The summed E-state index contributed by atoms with van der Waals surface area (Å²) in [6.45, 7) is 1.38. The van der Waals surface area contributed by atoms with Crippen molar-refractivity contribution in [1.82, 2.24) is 5.32 Å². The average molecular weight is 261 g/mol. The maximum Gasteiger partial charge on any atom is 0.416 e. The third-order valence-electron chi connectivity index (χ3n) is 2.45. The van der Waals surface area contributed by atoms with Crippen LogP contribution in [0.5, 0.6) is 0 Å². The second kappa shape index (κ2) is 5.86. The van der Waals surface area contributed by atoms with Crippen molar-refractivity contribution >= 4 is 5.97 Å². The highest BCUT2D eigenvalue weighted by molar-refractivity contribution is 5.69. The number of aliphatic carboxylic acids is 1. The van der Waals surface area contributed by atoms with E-state index in [1.54, 1.807) is 6.92 Å². The van der Waals surface area contributed by atoms with Crippen LogP contribution in [-0.4, -0.2) is 23.7 Å². The number of benzene rings is 1. The smallest absolute Gasteiger partial charge is 0.416 e. The van der Waals surface area contributed by atoms with Crippen molar-refractivity contribution in [3.8, 4) is 0 Å². The summed E-state index contributed by atoms with van der Waals surface area (Å²) < 4.78 is 38.1. The first-order chi connectivity index (χ1) is 8.30. The number of hydrogen-bond acceptors (Lipinski definition) is 2. The van der Waals surface area contributed by atoms with E-state index in [-0.39, 0.29) is 24.6 Å². The SMILES string of the molecule is CC(Cc1ccccc1C(F)(F)F)NCC(=O)O. The Morgan fingerprint density at radius 3 is 2.56 bits per heavy atom. The van der Waals surface area contributed by atoms with Gasteiger partial charge in [0.1, 0.15) is 0 Å². The summed E-state index contributed by atoms with van der Waals surface area (Å²) in [6.07, 6.45) is -4.26. The summed E-state index contributed by atoms with van der Waals surface area (Å²) in [6, 6.07) is 4.96. The van der Waals surface area contributed by atoms with Gasteiger partial charge in [0.25, 0.3) is 0 Å². The van der Waals surface area contributed by atoms with Crippen LogP contribution >= 0.6 is 0 Å². The van der Waals surface area contributed by atoms with Gasteiger partial charge in [-0.2, -0.15) is 13.2 Å². The van der Waals surface area contributed by atoms with Crippen molar-refractivity contribution < 1.29 is 23.1 Å². The summed E-state index contributed by atoms with van der Waals surface area (Å²) >= 11 is 0. The molecule has 1 atom stereocenters. The van der Waals surface area contributed by atoms with E-state index in [0.717, 1.165) is 6.07 Å². The summed E-state index contributed by atoms with van der Waals surface area (Å²) in [5.41, 5.74) is -0.510. The molecular formula is C12H14F3NO2. The van der Waals surface area contributed by atoms with E-state index in [1.165, 1.54) is 18.2 Å². The first-order valence-electron chi connectivity index (χ1n) is 5.41. The van der Waals surface area contributed by atoms with Gasteiger partial charge in [-0.15, -0.1) is 0 Å². The molecule has 6 heteroatoms. The standard InChI is InChI=1S/C12H14F3NO2/c1-8(16-7-11(17)18)6-9-4-2-3-5-10(9)12(13,14)15/h2-5,8,16H,6-7H2,1H3,(H,17,18). The minimum absolute atomic E-state index is 0.128. The molecule has 100 valence electrons. The van der Waals surface area contributed by atoms with Crippen LogP contribution < -0.4 is 5.32 Å². The molecule has 0 aromatic heterocycles. The Hall–Kier alpha value is -1.56. The number of carboxylic acids is 1. The van der Waals surface area contributed by atoms with Gasteiger partial charge in [-0.1, -0.05) is 18.2 Å². The minimum atomic E-state index is -4.39. The molecule has 0 saturated heterocycles. The molecule has 1 aromatic carbocycles. The molecule has 0 aliphatic rings. The molecule has 0 radical (unpaired) electrons. The van der Waals surface area contributed by atoms with Gasteiger partial charge in [-0.3, -0.25) is 4.79 Å². The summed E-state index contributed by atoms with van der Waals surface area (Å²) in [4.78, 5) is 10.3. The molecule has 1 unspecified atom stereocenters. The van der Waals surface area contributed by atoms with Crippen LogP contribution in [0.3, 0.4) is 0 Å². The third-order valence-corrected chi connectivity index (χ3v) is 2.45. The van der Waals surface area contributed by atoms with Crippen molar-refractivity contribution in [2.45, 2.75) is 25.6 Å². The average Bonchev–Trinajstić information content (AvgIpc) is 2.25. The van der Waals surface area contributed by atoms with Gasteiger partial charge in [-0.05, 0) is 25.0 Å². The van der Waals surface area contributed by atoms with Gasteiger partial charge in [0.05, 0.1) is 12.1 Å². The Labute approximate surface area is 103 Å². The highest BCUT2D eigenvalue weighted by atomic mass is 19.4. The largest absolute Gasteiger partial charge is 0.480 e. The Morgan fingerprint density at radius 2 is 2.00 bits per heavy atom. The predicted octanol–water partition coefficient (Wildman–Crippen LogP) is 2.31. The van der Waals surface area contributed by atoms with Gasteiger partial charge >= 0.3 is 12.1 Å². The summed E-state index contributed by atoms with van der Waals surface area (Å²) in [7, 11) is 0. The van der Waals surface area contributed by atoms with Gasteiger partial charge in [0.2, 0.25) is 0 Å². The molecule has 2 N–H and O–H groups in total. The molecular weight excluding hydrogens is 247 g/mol. The molecule has 1 aromatic rings. The van der Waals surface area contributed by atoms with Crippen LogP contribution in [0.25, 0.3) is 0 Å². The molecule has 0 bridgehead atoms. The molecule has 0 aliphatic heterocycles. The first-order valence-corrected chi connectivity index (χ1v) is 5.41. The van der Waals surface area contributed by atoms with E-state index in [1.807, 2.05) is 0 Å². The zero-order valence-corrected chi connectivity index (χ0v) is 9.79. The number of hydrogen-bond donors (Lipinski definition) is 2. The number of carbonyl (C=O) groups is 1. The monoisotopic (exact) mass is 261 g/mol. The van der Waals surface area contributed by atoms with Crippen molar-refractivity contribution in [3.63, 3.8) is 0 Å². The molecule has 0 spiro atoms. The van der Waals surface area contributed by atoms with Crippen LogP contribution in [-0.2, 0) is 17.4 Å². The topological polar surface area (TPSA) is 49.3 Å². The third kappa shape index (κ3) is 4.37. The zero-order valence-electron chi connectivity index (χ0n) is 9.79. The van der Waals surface area contributed by atoms with Crippen LogP contribution in [0, 0.1) is 0 Å². The molecule has 0 amide bonds. The second-order valence-electron chi connectivity index (χ2n) is 4.03. The molecule has 18 heavy (non-hydrogen) atoms. The lowest BCUT2D eigenvalue weighted by atomic mass is 10.0. The van der Waals surface area contributed by atoms with E-state index in [0.29, 0.717) is 0 Å². The predicted molar refractivity (Wildman–Crippen MR) is 60.2 cm³/mol. The molecule has 0 heterocycles. The Bertz CT molecular complexity index is 418. The van der Waals surface area contributed by atoms with Crippen LogP contribution in [0.15, 0.2) is 24.3 Å². The van der Waals surface area contributed by atoms with E-state index < -0.39 is 17.7 Å². The number of rotatable bonds is 5. The maximum absolute atomic E-state index is 12.7. The Balaban J connectivity index is 2.75. The number of halogens is 3. The number of nitrogens with one attached hydrogen (secondary N) is 1. The fourth-order valence-corrected chi connectivity index (χ4v) is 1.64. The van der Waals surface area contributed by atoms with E-state index in [4.69, 9.17) is 5.11 Å². The summed E-state index contributed by atoms with van der Waals surface area (Å²) in [5.74, 6) is -1.04.